The van der Waals surface area contributed by atoms with Crippen molar-refractivity contribution in [2.24, 2.45) is 0 Å². The van der Waals surface area contributed by atoms with Gasteiger partial charge in [0.1, 0.15) is 5.82 Å². The van der Waals surface area contributed by atoms with Crippen molar-refractivity contribution in [2.45, 2.75) is 19.4 Å². The van der Waals surface area contributed by atoms with Crippen molar-refractivity contribution < 1.29 is 9.59 Å². The van der Waals surface area contributed by atoms with E-state index >= 15 is 0 Å². The van der Waals surface area contributed by atoms with Gasteiger partial charge in [-0.15, -0.1) is 11.3 Å². The molecule has 2 N–H and O–H groups in total. The molecule has 0 bridgehead atoms. The topological polar surface area (TPSA) is 76.0 Å². The number of carbonyl (C=O) groups is 2. The predicted molar refractivity (Wildman–Crippen MR) is 112 cm³/mol. The number of aromatic nitrogens is 2. The Bertz CT molecular complexity index is 957. The molecule has 0 saturated carbocycles. The second kappa shape index (κ2) is 9.73. The van der Waals surface area contributed by atoms with Crippen LogP contribution in [0.15, 0.2) is 48.0 Å². The van der Waals surface area contributed by atoms with Crippen molar-refractivity contribution in [1.29, 1.82) is 0 Å². The quantitative estimate of drug-likeness (QED) is 0.512. The molecule has 0 saturated heterocycles. The third kappa shape index (κ3) is 5.58. The molecule has 3 rings (SSSR count). The van der Waals surface area contributed by atoms with E-state index in [9.17, 15) is 9.59 Å². The first-order valence-electron chi connectivity index (χ1n) is 8.60. The number of rotatable bonds is 8. The Hall–Kier alpha value is -2.35. The van der Waals surface area contributed by atoms with E-state index in [1.54, 1.807) is 35.1 Å². The van der Waals surface area contributed by atoms with Crippen LogP contribution in [0.3, 0.4) is 0 Å². The summed E-state index contributed by atoms with van der Waals surface area (Å²) >= 11 is 13.5. The molecule has 0 radical (unpaired) electrons. The van der Waals surface area contributed by atoms with Crippen LogP contribution in [0.2, 0.25) is 10.0 Å². The lowest BCUT2D eigenvalue weighted by Crippen LogP contribution is -2.25. The number of amides is 2. The van der Waals surface area contributed by atoms with Crippen LogP contribution >= 0.6 is 34.5 Å². The summed E-state index contributed by atoms with van der Waals surface area (Å²) in [5, 5.41) is 12.8. The van der Waals surface area contributed by atoms with Crippen LogP contribution in [0.25, 0.3) is 0 Å². The number of benzene rings is 1. The third-order valence-corrected chi connectivity index (χ3v) is 5.39. The van der Waals surface area contributed by atoms with Crippen LogP contribution in [-0.4, -0.2) is 28.1 Å². The third-order valence-electron chi connectivity index (χ3n) is 3.93. The number of thiophene rings is 1. The summed E-state index contributed by atoms with van der Waals surface area (Å²) in [4.78, 5) is 24.7. The molecule has 3 aromatic rings. The molecular formula is C19H18Cl2N4O2S. The molecule has 9 heteroatoms. The van der Waals surface area contributed by atoms with E-state index in [4.69, 9.17) is 23.2 Å². The van der Waals surface area contributed by atoms with Gasteiger partial charge in [0.25, 0.3) is 5.91 Å². The van der Waals surface area contributed by atoms with E-state index in [-0.39, 0.29) is 18.2 Å². The van der Waals surface area contributed by atoms with E-state index in [1.165, 1.54) is 11.3 Å². The minimum Gasteiger partial charge on any atom is -0.351 e. The maximum atomic E-state index is 12.2. The van der Waals surface area contributed by atoms with Crippen LogP contribution in [0.4, 0.5) is 5.82 Å². The number of halogens is 2. The van der Waals surface area contributed by atoms with Gasteiger partial charge < -0.3 is 10.6 Å². The Labute approximate surface area is 176 Å². The molecule has 0 aliphatic carbocycles. The van der Waals surface area contributed by atoms with Gasteiger partial charge in [0.15, 0.2) is 0 Å². The molecule has 0 spiro atoms. The van der Waals surface area contributed by atoms with Crippen molar-refractivity contribution in [3.8, 4) is 0 Å². The molecule has 0 aliphatic heterocycles. The first-order valence-corrected chi connectivity index (χ1v) is 10.2. The number of hydrogen-bond acceptors (Lipinski definition) is 4. The number of nitrogens with one attached hydrogen (secondary N) is 2. The van der Waals surface area contributed by atoms with E-state index in [2.05, 4.69) is 15.7 Å². The summed E-state index contributed by atoms with van der Waals surface area (Å²) in [6, 6.07) is 10.6. The molecular weight excluding hydrogens is 419 g/mol. The van der Waals surface area contributed by atoms with E-state index < -0.39 is 0 Å². The minimum atomic E-state index is -0.144. The zero-order chi connectivity index (χ0) is 19.9. The molecule has 0 aliphatic rings. The monoisotopic (exact) mass is 436 g/mol. The molecule has 0 unspecified atom stereocenters. The summed E-state index contributed by atoms with van der Waals surface area (Å²) < 4.78 is 1.66. The Morgan fingerprint density at radius 2 is 2.04 bits per heavy atom. The Kier molecular flexibility index (Phi) is 7.08. The van der Waals surface area contributed by atoms with E-state index in [0.717, 1.165) is 5.56 Å². The maximum Gasteiger partial charge on any atom is 0.261 e. The van der Waals surface area contributed by atoms with Gasteiger partial charge >= 0.3 is 0 Å². The zero-order valence-electron chi connectivity index (χ0n) is 14.8. The zero-order valence-corrected chi connectivity index (χ0v) is 17.2. The second-order valence-electron chi connectivity index (χ2n) is 5.99. The van der Waals surface area contributed by atoms with Gasteiger partial charge in [-0.2, -0.15) is 5.10 Å². The molecule has 2 amide bonds. The van der Waals surface area contributed by atoms with Crippen molar-refractivity contribution in [2.75, 3.05) is 11.9 Å². The van der Waals surface area contributed by atoms with Gasteiger partial charge in [0.05, 0.1) is 17.6 Å². The Morgan fingerprint density at radius 1 is 1.18 bits per heavy atom. The average Bonchev–Trinajstić information content (AvgIpc) is 3.33. The smallest absolute Gasteiger partial charge is 0.261 e. The Morgan fingerprint density at radius 3 is 2.79 bits per heavy atom. The van der Waals surface area contributed by atoms with Gasteiger partial charge in [0, 0.05) is 29.1 Å². The minimum absolute atomic E-state index is 0.117. The van der Waals surface area contributed by atoms with Gasteiger partial charge in [-0.05, 0) is 35.6 Å². The summed E-state index contributed by atoms with van der Waals surface area (Å²) in [7, 11) is 0. The van der Waals surface area contributed by atoms with Gasteiger partial charge in [-0.1, -0.05) is 35.3 Å². The van der Waals surface area contributed by atoms with Crippen LogP contribution in [0, 0.1) is 0 Å². The first-order chi connectivity index (χ1) is 13.5. The van der Waals surface area contributed by atoms with Crippen molar-refractivity contribution >= 4 is 52.2 Å². The lowest BCUT2D eigenvalue weighted by molar-refractivity contribution is -0.116. The Balaban J connectivity index is 1.47. The maximum absolute atomic E-state index is 12.2. The van der Waals surface area contributed by atoms with Crippen molar-refractivity contribution in [3.05, 3.63) is 68.5 Å². The molecule has 0 fully saturated rings. The van der Waals surface area contributed by atoms with Crippen LogP contribution in [0.1, 0.15) is 28.1 Å². The van der Waals surface area contributed by atoms with Gasteiger partial charge in [0.2, 0.25) is 5.91 Å². The summed E-state index contributed by atoms with van der Waals surface area (Å²) in [5.41, 5.74) is 0.849. The highest BCUT2D eigenvalue weighted by Crippen LogP contribution is 2.22. The first kappa shape index (κ1) is 20.4. The average molecular weight is 437 g/mol. The SMILES string of the molecule is O=C(CCCNC(=O)c1cccs1)Nc1ccnn1Cc1ccc(Cl)cc1Cl. The highest BCUT2D eigenvalue weighted by atomic mass is 35.5. The van der Waals surface area contributed by atoms with Crippen molar-refractivity contribution in [3.63, 3.8) is 0 Å². The molecule has 28 heavy (non-hydrogen) atoms. The molecule has 6 nitrogen and oxygen atoms in total. The number of anilines is 1. The number of nitrogens with zero attached hydrogens (tertiary/aromatic N) is 2. The fourth-order valence-corrected chi connectivity index (χ4v) is 3.64. The summed E-state index contributed by atoms with van der Waals surface area (Å²) in [6.07, 6.45) is 2.44. The number of carbonyl (C=O) groups excluding carboxylic acids is 2. The fourth-order valence-electron chi connectivity index (χ4n) is 2.53. The lowest BCUT2D eigenvalue weighted by atomic mass is 10.2. The molecule has 146 valence electrons. The summed E-state index contributed by atoms with van der Waals surface area (Å²) in [5.74, 6) is 0.321. The fraction of sp³-hybridized carbons (Fsp3) is 0.211. The van der Waals surface area contributed by atoms with Gasteiger partial charge in [-0.3, -0.25) is 9.59 Å². The van der Waals surface area contributed by atoms with Crippen molar-refractivity contribution in [1.82, 2.24) is 15.1 Å². The van der Waals surface area contributed by atoms with E-state index in [1.807, 2.05) is 17.5 Å². The molecule has 1 aromatic carbocycles. The standard InChI is InChI=1S/C19H18Cl2N4O2S/c20-14-6-5-13(15(21)11-14)12-25-17(7-9-23-25)24-18(26)4-1-8-22-19(27)16-3-2-10-28-16/h2-3,5-7,9-11H,1,4,8,12H2,(H,22,27)(H,24,26). The highest BCUT2D eigenvalue weighted by molar-refractivity contribution is 7.12. The lowest BCUT2D eigenvalue weighted by Gasteiger charge is -2.10. The molecule has 0 atom stereocenters. The van der Waals surface area contributed by atoms with Crippen LogP contribution < -0.4 is 10.6 Å². The largest absolute Gasteiger partial charge is 0.351 e. The van der Waals surface area contributed by atoms with Crippen LogP contribution in [0.5, 0.6) is 0 Å². The normalized spacial score (nSPS) is 10.6. The van der Waals surface area contributed by atoms with Gasteiger partial charge in [-0.25, -0.2) is 4.68 Å². The predicted octanol–water partition coefficient (Wildman–Crippen LogP) is 4.45. The second-order valence-corrected chi connectivity index (χ2v) is 7.79. The number of hydrogen-bond donors (Lipinski definition) is 2. The molecule has 2 heterocycles. The highest BCUT2D eigenvalue weighted by Gasteiger charge is 2.10. The van der Waals surface area contributed by atoms with E-state index in [0.29, 0.717) is 40.3 Å². The van der Waals surface area contributed by atoms with Crippen LogP contribution in [-0.2, 0) is 11.3 Å². The summed E-state index contributed by atoms with van der Waals surface area (Å²) in [6.45, 7) is 0.847. The molecule has 2 aromatic heterocycles.